The number of anilines is 1. The van der Waals surface area contributed by atoms with Gasteiger partial charge in [-0.2, -0.15) is 0 Å². The molecule has 2 aromatic rings. The predicted octanol–water partition coefficient (Wildman–Crippen LogP) is 1.64. The number of nitrogens with one attached hydrogen (secondary N) is 4. The Balaban J connectivity index is 1.45. The minimum absolute atomic E-state index is 0.0856. The monoisotopic (exact) mass is 447 g/mol. The summed E-state index contributed by atoms with van der Waals surface area (Å²) in [6.45, 7) is 0. The van der Waals surface area contributed by atoms with Crippen LogP contribution >= 0.6 is 0 Å². The van der Waals surface area contributed by atoms with Crippen LogP contribution in [0.5, 0.6) is 0 Å². The Labute approximate surface area is 181 Å². The molecule has 4 rings (SSSR count). The van der Waals surface area contributed by atoms with Gasteiger partial charge in [-0.25, -0.2) is 8.42 Å². The summed E-state index contributed by atoms with van der Waals surface area (Å²) in [5.41, 5.74) is 7.48. The van der Waals surface area contributed by atoms with Crippen LogP contribution < -0.4 is 21.1 Å². The van der Waals surface area contributed by atoms with Crippen LogP contribution in [0.1, 0.15) is 49.0 Å². The molecule has 1 aromatic heterocycles. The first-order valence-electron chi connectivity index (χ1n) is 10.7. The zero-order chi connectivity index (χ0) is 22.2. The molecule has 1 aromatic carbocycles. The van der Waals surface area contributed by atoms with Crippen molar-refractivity contribution in [2.75, 3.05) is 11.0 Å². The third kappa shape index (κ3) is 5.37. The molecule has 0 radical (unpaired) electrons. The average Bonchev–Trinajstić information content (AvgIpc) is 3.46. The van der Waals surface area contributed by atoms with Crippen molar-refractivity contribution in [3.05, 3.63) is 30.0 Å². The highest BCUT2D eigenvalue weighted by atomic mass is 32.2. The number of rotatable bonds is 7. The highest BCUT2D eigenvalue weighted by molar-refractivity contribution is 7.92. The van der Waals surface area contributed by atoms with Crippen molar-refractivity contribution < 1.29 is 18.0 Å². The Kier molecular flexibility index (Phi) is 5.94. The quantitative estimate of drug-likeness (QED) is 0.410. The first-order valence-corrected chi connectivity index (χ1v) is 12.6. The lowest BCUT2D eigenvalue weighted by molar-refractivity contribution is -0.127. The van der Waals surface area contributed by atoms with Crippen LogP contribution in [-0.2, 0) is 14.8 Å². The van der Waals surface area contributed by atoms with E-state index in [1.54, 1.807) is 24.3 Å². The number of carbonyl (C=O) groups excluding carboxylic acids is 2. The average molecular weight is 448 g/mol. The van der Waals surface area contributed by atoms with E-state index >= 15 is 0 Å². The van der Waals surface area contributed by atoms with Gasteiger partial charge < -0.3 is 21.4 Å². The van der Waals surface area contributed by atoms with E-state index in [0.717, 1.165) is 50.2 Å². The second-order valence-electron chi connectivity index (χ2n) is 8.70. The van der Waals surface area contributed by atoms with Crippen LogP contribution in [0.4, 0.5) is 5.69 Å². The van der Waals surface area contributed by atoms with Gasteiger partial charge >= 0.3 is 0 Å². The maximum atomic E-state index is 12.9. The Morgan fingerprint density at radius 3 is 2.58 bits per heavy atom. The second-order valence-corrected chi connectivity index (χ2v) is 10.5. The lowest BCUT2D eigenvalue weighted by Crippen LogP contribution is -2.52. The van der Waals surface area contributed by atoms with Gasteiger partial charge in [0.15, 0.2) is 0 Å². The standard InChI is InChI=1S/C21H29N5O4S/c1-31(29,30)26-14-9-8-13-10-18(23-17(13)11-14)21(28)24-16-5-3-2-4-15(16)20(27)25-19(22)12-6-7-12/h8-12,15-16,19,23,26H,2-7,22H2,1H3,(H,24,28)(H,25,27)/t15-,16+,19+/m1/s1. The number of amides is 2. The van der Waals surface area contributed by atoms with Gasteiger partial charge in [0.25, 0.3) is 5.91 Å². The van der Waals surface area contributed by atoms with Gasteiger partial charge in [0, 0.05) is 16.9 Å². The number of hydrogen-bond donors (Lipinski definition) is 5. The van der Waals surface area contributed by atoms with Crippen molar-refractivity contribution in [1.29, 1.82) is 0 Å². The molecule has 2 aliphatic rings. The molecule has 2 saturated carbocycles. The number of hydrogen-bond acceptors (Lipinski definition) is 5. The summed E-state index contributed by atoms with van der Waals surface area (Å²) in [4.78, 5) is 28.7. The summed E-state index contributed by atoms with van der Waals surface area (Å²) < 4.78 is 25.3. The van der Waals surface area contributed by atoms with Gasteiger partial charge in [0.2, 0.25) is 15.9 Å². The molecule has 31 heavy (non-hydrogen) atoms. The largest absolute Gasteiger partial charge is 0.350 e. The van der Waals surface area contributed by atoms with Crippen LogP contribution in [0.3, 0.4) is 0 Å². The Hall–Kier alpha value is -2.59. The zero-order valence-corrected chi connectivity index (χ0v) is 18.3. The molecule has 2 amide bonds. The Morgan fingerprint density at radius 2 is 1.87 bits per heavy atom. The van der Waals surface area contributed by atoms with E-state index < -0.39 is 10.0 Å². The van der Waals surface area contributed by atoms with Crippen LogP contribution in [0.25, 0.3) is 10.9 Å². The fourth-order valence-corrected chi connectivity index (χ4v) is 4.79. The fraction of sp³-hybridized carbons (Fsp3) is 0.524. The molecule has 6 N–H and O–H groups in total. The molecule has 0 bridgehead atoms. The van der Waals surface area contributed by atoms with Gasteiger partial charge in [0.1, 0.15) is 5.69 Å². The molecular weight excluding hydrogens is 418 g/mol. The molecule has 0 saturated heterocycles. The van der Waals surface area contributed by atoms with Crippen molar-refractivity contribution in [3.8, 4) is 0 Å². The molecule has 0 unspecified atom stereocenters. The van der Waals surface area contributed by atoms with Gasteiger partial charge in [0.05, 0.1) is 24.0 Å². The third-order valence-corrected chi connectivity index (χ3v) is 6.63. The van der Waals surface area contributed by atoms with Gasteiger partial charge in [-0.1, -0.05) is 18.9 Å². The molecule has 9 nitrogen and oxygen atoms in total. The molecule has 10 heteroatoms. The number of nitrogens with two attached hydrogens (primary N) is 1. The summed E-state index contributed by atoms with van der Waals surface area (Å²) in [6.07, 6.45) is 6.24. The highest BCUT2D eigenvalue weighted by Crippen LogP contribution is 2.31. The van der Waals surface area contributed by atoms with Crippen molar-refractivity contribution in [3.63, 3.8) is 0 Å². The lowest BCUT2D eigenvalue weighted by Gasteiger charge is -2.32. The first-order chi connectivity index (χ1) is 14.7. The molecule has 1 heterocycles. The lowest BCUT2D eigenvalue weighted by atomic mass is 9.83. The van der Waals surface area contributed by atoms with Crippen LogP contribution in [-0.4, -0.2) is 43.7 Å². The molecular formula is C21H29N5O4S. The van der Waals surface area contributed by atoms with Gasteiger partial charge in [-0.15, -0.1) is 0 Å². The number of aromatic amines is 1. The molecule has 0 aliphatic heterocycles. The Morgan fingerprint density at radius 1 is 1.13 bits per heavy atom. The van der Waals surface area contributed by atoms with E-state index in [4.69, 9.17) is 5.73 Å². The zero-order valence-electron chi connectivity index (χ0n) is 17.5. The normalized spacial score (nSPS) is 22.6. The van der Waals surface area contributed by atoms with Crippen LogP contribution in [0, 0.1) is 11.8 Å². The maximum Gasteiger partial charge on any atom is 0.267 e. The number of carbonyl (C=O) groups is 2. The summed E-state index contributed by atoms with van der Waals surface area (Å²) in [7, 11) is -3.39. The van der Waals surface area contributed by atoms with E-state index in [0.29, 0.717) is 22.8 Å². The summed E-state index contributed by atoms with van der Waals surface area (Å²) in [5.74, 6) is -0.297. The SMILES string of the molecule is CS(=O)(=O)Nc1ccc2cc(C(=O)N[C@H]3CCCC[C@H]3C(=O)N[C@H](N)C3CC3)[nH]c2c1. The fourth-order valence-electron chi connectivity index (χ4n) is 4.24. The van der Waals surface area contributed by atoms with E-state index in [9.17, 15) is 18.0 Å². The number of sulfonamides is 1. The molecule has 3 atom stereocenters. The number of fused-ring (bicyclic) bond motifs is 1. The van der Waals surface area contributed by atoms with E-state index in [2.05, 4.69) is 20.3 Å². The highest BCUT2D eigenvalue weighted by Gasteiger charge is 2.36. The van der Waals surface area contributed by atoms with Gasteiger partial charge in [-0.3, -0.25) is 14.3 Å². The smallest absolute Gasteiger partial charge is 0.267 e. The van der Waals surface area contributed by atoms with Crippen LogP contribution in [0.2, 0.25) is 0 Å². The predicted molar refractivity (Wildman–Crippen MR) is 119 cm³/mol. The third-order valence-electron chi connectivity index (χ3n) is 6.03. The molecule has 2 aliphatic carbocycles. The second kappa shape index (κ2) is 8.51. The van der Waals surface area contributed by atoms with Crippen molar-refractivity contribution in [1.82, 2.24) is 15.6 Å². The molecule has 2 fully saturated rings. The Bertz CT molecular complexity index is 1090. The van der Waals surface area contributed by atoms with E-state index in [1.807, 2.05) is 0 Å². The first kappa shape index (κ1) is 21.6. The van der Waals surface area contributed by atoms with E-state index in [1.165, 1.54) is 0 Å². The van der Waals surface area contributed by atoms with E-state index in [-0.39, 0.29) is 29.9 Å². The van der Waals surface area contributed by atoms with Crippen molar-refractivity contribution in [2.24, 2.45) is 17.6 Å². The number of H-pyrrole nitrogens is 1. The van der Waals surface area contributed by atoms with Gasteiger partial charge in [-0.05, 0) is 49.8 Å². The summed E-state index contributed by atoms with van der Waals surface area (Å²) in [5, 5.41) is 6.73. The summed E-state index contributed by atoms with van der Waals surface area (Å²) in [6, 6.07) is 6.50. The van der Waals surface area contributed by atoms with Crippen molar-refractivity contribution >= 4 is 38.4 Å². The summed E-state index contributed by atoms with van der Waals surface area (Å²) >= 11 is 0. The molecule has 0 spiro atoms. The number of benzene rings is 1. The topological polar surface area (TPSA) is 146 Å². The van der Waals surface area contributed by atoms with Crippen molar-refractivity contribution in [2.45, 2.75) is 50.7 Å². The molecule has 168 valence electrons. The number of aromatic nitrogens is 1. The maximum absolute atomic E-state index is 12.9. The minimum Gasteiger partial charge on any atom is -0.350 e. The minimum atomic E-state index is -3.39. The van der Waals surface area contributed by atoms with Crippen LogP contribution in [0.15, 0.2) is 24.3 Å².